The van der Waals surface area contributed by atoms with Gasteiger partial charge in [-0.15, -0.1) is 12.4 Å². The summed E-state index contributed by atoms with van der Waals surface area (Å²) in [5.74, 6) is -1.06. The number of benzene rings is 1. The minimum Gasteiger partial charge on any atom is -0.391 e. The van der Waals surface area contributed by atoms with Crippen molar-refractivity contribution in [1.82, 2.24) is 0 Å². The molecule has 0 saturated heterocycles. The quantitative estimate of drug-likeness (QED) is 0.840. The van der Waals surface area contributed by atoms with Crippen molar-refractivity contribution < 1.29 is 22.7 Å². The first-order chi connectivity index (χ1) is 7.77. The van der Waals surface area contributed by atoms with Crippen LogP contribution in [0.2, 0.25) is 0 Å². The van der Waals surface area contributed by atoms with Crippen LogP contribution in [0.15, 0.2) is 18.2 Å². The Morgan fingerprint density at radius 3 is 2.28 bits per heavy atom. The second kappa shape index (κ2) is 6.36. The van der Waals surface area contributed by atoms with Gasteiger partial charge in [0.05, 0.1) is 17.7 Å². The molecular formula is C11H14ClF4NO. The molecule has 0 aromatic heterocycles. The monoisotopic (exact) mass is 287 g/mol. The third-order valence-corrected chi connectivity index (χ3v) is 2.52. The molecule has 0 bridgehead atoms. The highest BCUT2D eigenvalue weighted by Gasteiger charge is 2.32. The SMILES string of the molecule is CC[C@@H](O)[C@@H](N)c1ccc(C(F)(F)F)cc1F.Cl. The normalized spacial score (nSPS) is 14.8. The smallest absolute Gasteiger partial charge is 0.391 e. The van der Waals surface area contributed by atoms with E-state index in [4.69, 9.17) is 5.73 Å². The Morgan fingerprint density at radius 1 is 1.33 bits per heavy atom. The van der Waals surface area contributed by atoms with E-state index in [2.05, 4.69) is 0 Å². The van der Waals surface area contributed by atoms with Crippen LogP contribution in [0.1, 0.15) is 30.5 Å². The molecule has 0 fully saturated rings. The van der Waals surface area contributed by atoms with E-state index in [9.17, 15) is 22.7 Å². The number of hydrogen-bond donors (Lipinski definition) is 2. The molecule has 2 nitrogen and oxygen atoms in total. The zero-order valence-electron chi connectivity index (χ0n) is 9.54. The van der Waals surface area contributed by atoms with Crippen molar-refractivity contribution in [3.05, 3.63) is 35.1 Å². The van der Waals surface area contributed by atoms with Gasteiger partial charge < -0.3 is 10.8 Å². The molecule has 0 aliphatic heterocycles. The van der Waals surface area contributed by atoms with E-state index < -0.39 is 29.7 Å². The van der Waals surface area contributed by atoms with Gasteiger partial charge in [-0.05, 0) is 18.6 Å². The molecule has 0 saturated carbocycles. The average molecular weight is 288 g/mol. The molecule has 0 aliphatic rings. The predicted molar refractivity (Wildman–Crippen MR) is 61.9 cm³/mol. The first kappa shape index (κ1) is 17.2. The maximum absolute atomic E-state index is 13.4. The average Bonchev–Trinajstić information content (AvgIpc) is 2.25. The van der Waals surface area contributed by atoms with Gasteiger partial charge in [-0.1, -0.05) is 13.0 Å². The fourth-order valence-corrected chi connectivity index (χ4v) is 1.43. The van der Waals surface area contributed by atoms with E-state index in [1.165, 1.54) is 0 Å². The van der Waals surface area contributed by atoms with Crippen molar-refractivity contribution in [3.63, 3.8) is 0 Å². The summed E-state index contributed by atoms with van der Waals surface area (Å²) < 4.78 is 50.3. The lowest BCUT2D eigenvalue weighted by molar-refractivity contribution is -0.137. The lowest BCUT2D eigenvalue weighted by Gasteiger charge is -2.19. The summed E-state index contributed by atoms with van der Waals surface area (Å²) in [6.07, 6.45) is -5.28. The van der Waals surface area contributed by atoms with Gasteiger partial charge in [0.1, 0.15) is 5.82 Å². The van der Waals surface area contributed by atoms with Crippen LogP contribution in [0.3, 0.4) is 0 Å². The maximum atomic E-state index is 13.4. The van der Waals surface area contributed by atoms with Crippen LogP contribution >= 0.6 is 12.4 Å². The van der Waals surface area contributed by atoms with Gasteiger partial charge in [0.2, 0.25) is 0 Å². The van der Waals surface area contributed by atoms with E-state index in [1.807, 2.05) is 0 Å². The number of aliphatic hydroxyl groups excluding tert-OH is 1. The fraction of sp³-hybridized carbons (Fsp3) is 0.455. The van der Waals surface area contributed by atoms with Crippen LogP contribution in [0, 0.1) is 5.82 Å². The number of rotatable bonds is 3. The molecule has 1 aromatic rings. The van der Waals surface area contributed by atoms with Crippen molar-refractivity contribution in [2.45, 2.75) is 31.7 Å². The number of nitrogens with two attached hydrogens (primary N) is 1. The van der Waals surface area contributed by atoms with Crippen molar-refractivity contribution in [2.75, 3.05) is 0 Å². The molecule has 0 heterocycles. The largest absolute Gasteiger partial charge is 0.416 e. The number of halogens is 5. The zero-order valence-corrected chi connectivity index (χ0v) is 10.4. The number of aliphatic hydroxyl groups is 1. The van der Waals surface area contributed by atoms with Crippen LogP contribution in [0.5, 0.6) is 0 Å². The lowest BCUT2D eigenvalue weighted by Crippen LogP contribution is -2.26. The first-order valence-corrected chi connectivity index (χ1v) is 5.07. The molecule has 7 heteroatoms. The van der Waals surface area contributed by atoms with Crippen molar-refractivity contribution in [3.8, 4) is 0 Å². The fourth-order valence-electron chi connectivity index (χ4n) is 1.43. The molecule has 0 unspecified atom stereocenters. The lowest BCUT2D eigenvalue weighted by atomic mass is 9.98. The Morgan fingerprint density at radius 2 is 1.89 bits per heavy atom. The van der Waals surface area contributed by atoms with Gasteiger partial charge in [0.25, 0.3) is 0 Å². The van der Waals surface area contributed by atoms with Crippen LogP contribution in [-0.2, 0) is 6.18 Å². The van der Waals surface area contributed by atoms with Gasteiger partial charge in [-0.2, -0.15) is 13.2 Å². The van der Waals surface area contributed by atoms with Gasteiger partial charge in [-0.3, -0.25) is 0 Å². The summed E-state index contributed by atoms with van der Waals surface area (Å²) >= 11 is 0. The maximum Gasteiger partial charge on any atom is 0.416 e. The van der Waals surface area contributed by atoms with Crippen LogP contribution in [0.4, 0.5) is 17.6 Å². The molecule has 0 amide bonds. The first-order valence-electron chi connectivity index (χ1n) is 5.07. The van der Waals surface area contributed by atoms with E-state index in [0.717, 1.165) is 12.1 Å². The second-order valence-corrected chi connectivity index (χ2v) is 3.74. The van der Waals surface area contributed by atoms with Crippen LogP contribution < -0.4 is 5.73 Å². The van der Waals surface area contributed by atoms with Crippen molar-refractivity contribution in [1.29, 1.82) is 0 Å². The summed E-state index contributed by atoms with van der Waals surface area (Å²) in [4.78, 5) is 0. The Hall–Kier alpha value is -0.850. The summed E-state index contributed by atoms with van der Waals surface area (Å²) in [7, 11) is 0. The summed E-state index contributed by atoms with van der Waals surface area (Å²) in [5.41, 5.74) is 4.35. The molecular weight excluding hydrogens is 274 g/mol. The van der Waals surface area contributed by atoms with E-state index >= 15 is 0 Å². The standard InChI is InChI=1S/C11H13F4NO.ClH/c1-2-9(17)10(16)7-4-3-6(5-8(7)12)11(13,14)15;/h3-5,9-10,17H,2,16H2,1H3;1H/t9-,10+;/m1./s1. The summed E-state index contributed by atoms with van der Waals surface area (Å²) in [6, 6.07) is 1.07. The van der Waals surface area contributed by atoms with Gasteiger partial charge in [0, 0.05) is 5.56 Å². The minimum absolute atomic E-state index is 0. The second-order valence-electron chi connectivity index (χ2n) is 3.74. The number of hydrogen-bond acceptors (Lipinski definition) is 2. The van der Waals surface area contributed by atoms with Crippen LogP contribution in [0.25, 0.3) is 0 Å². The van der Waals surface area contributed by atoms with E-state index in [-0.39, 0.29) is 18.0 Å². The van der Waals surface area contributed by atoms with E-state index in [0.29, 0.717) is 12.5 Å². The third kappa shape index (κ3) is 3.83. The molecule has 1 rings (SSSR count). The number of alkyl halides is 3. The van der Waals surface area contributed by atoms with Crippen molar-refractivity contribution >= 4 is 12.4 Å². The van der Waals surface area contributed by atoms with Gasteiger partial charge >= 0.3 is 6.18 Å². The highest BCUT2D eigenvalue weighted by molar-refractivity contribution is 5.85. The molecule has 0 aliphatic carbocycles. The molecule has 104 valence electrons. The minimum atomic E-state index is -4.59. The predicted octanol–water partition coefficient (Wildman–Crippen LogP) is 3.04. The third-order valence-electron chi connectivity index (χ3n) is 2.52. The Labute approximate surface area is 108 Å². The molecule has 18 heavy (non-hydrogen) atoms. The molecule has 0 radical (unpaired) electrons. The van der Waals surface area contributed by atoms with Gasteiger partial charge in [-0.25, -0.2) is 4.39 Å². The van der Waals surface area contributed by atoms with Gasteiger partial charge in [0.15, 0.2) is 0 Å². The Bertz CT molecular complexity index is 397. The Kier molecular flexibility index (Phi) is 6.06. The molecule has 3 N–H and O–H groups in total. The van der Waals surface area contributed by atoms with E-state index in [1.54, 1.807) is 6.92 Å². The summed E-state index contributed by atoms with van der Waals surface area (Å²) in [5, 5.41) is 9.42. The molecule has 1 aromatic carbocycles. The van der Waals surface area contributed by atoms with Crippen LogP contribution in [-0.4, -0.2) is 11.2 Å². The zero-order chi connectivity index (χ0) is 13.2. The summed E-state index contributed by atoms with van der Waals surface area (Å²) in [6.45, 7) is 1.65. The van der Waals surface area contributed by atoms with Crippen molar-refractivity contribution in [2.24, 2.45) is 5.73 Å². The molecule has 0 spiro atoms. The Balaban J connectivity index is 0.00000289. The topological polar surface area (TPSA) is 46.2 Å². The molecule has 2 atom stereocenters. The highest BCUT2D eigenvalue weighted by Crippen LogP contribution is 2.31. The highest BCUT2D eigenvalue weighted by atomic mass is 35.5.